The van der Waals surface area contributed by atoms with Crippen molar-refractivity contribution in [3.8, 4) is 24.7 Å². The van der Waals surface area contributed by atoms with E-state index in [1.54, 1.807) is 6.07 Å². The van der Waals surface area contributed by atoms with Crippen molar-refractivity contribution in [2.75, 3.05) is 0 Å². The Morgan fingerprint density at radius 2 is 1.75 bits per heavy atom. The molecule has 1 rings (SSSR count). The van der Waals surface area contributed by atoms with Gasteiger partial charge in [0.2, 0.25) is 0 Å². The Hall–Kier alpha value is -1.37. The highest BCUT2D eigenvalue weighted by atomic mass is 35.5. The van der Waals surface area contributed by atoms with Crippen molar-refractivity contribution in [2.45, 2.75) is 6.92 Å². The van der Waals surface area contributed by atoms with Crippen LogP contribution in [0.2, 0.25) is 5.02 Å². The summed E-state index contributed by atoms with van der Waals surface area (Å²) in [6, 6.07) is 3.62. The zero-order valence-corrected chi connectivity index (χ0v) is 7.44. The molecule has 0 fully saturated rings. The van der Waals surface area contributed by atoms with Crippen LogP contribution >= 0.6 is 11.6 Å². The highest BCUT2D eigenvalue weighted by Gasteiger charge is 2.04. The Kier molecular flexibility index (Phi) is 2.44. The lowest BCUT2D eigenvalue weighted by atomic mass is 10.0. The summed E-state index contributed by atoms with van der Waals surface area (Å²) in [7, 11) is 0. The maximum Gasteiger partial charge on any atom is 0.0588 e. The van der Waals surface area contributed by atoms with Gasteiger partial charge in [0.15, 0.2) is 0 Å². The van der Waals surface area contributed by atoms with Crippen molar-refractivity contribution in [1.82, 2.24) is 0 Å². The molecule has 0 radical (unpaired) electrons. The molecule has 1 heteroatoms. The normalized spacial score (nSPS) is 8.67. The minimum atomic E-state index is 0.538. The van der Waals surface area contributed by atoms with Crippen molar-refractivity contribution < 1.29 is 0 Å². The second-order valence-corrected chi connectivity index (χ2v) is 2.81. The summed E-state index contributed by atoms with van der Waals surface area (Å²) in [5.74, 6) is 5.01. The van der Waals surface area contributed by atoms with E-state index in [9.17, 15) is 0 Å². The van der Waals surface area contributed by atoms with Gasteiger partial charge in [-0.15, -0.1) is 12.8 Å². The van der Waals surface area contributed by atoms with Gasteiger partial charge in [-0.05, 0) is 18.6 Å². The van der Waals surface area contributed by atoms with Crippen molar-refractivity contribution in [2.24, 2.45) is 0 Å². The van der Waals surface area contributed by atoms with E-state index in [1.807, 2.05) is 13.0 Å². The molecule has 0 saturated heterocycles. The first-order chi connectivity index (χ1) is 5.70. The van der Waals surface area contributed by atoms with Gasteiger partial charge >= 0.3 is 0 Å². The molecule has 12 heavy (non-hydrogen) atoms. The first kappa shape index (κ1) is 8.72. The van der Waals surface area contributed by atoms with E-state index in [0.29, 0.717) is 16.1 Å². The molecular formula is C11H7Cl. The first-order valence-electron chi connectivity index (χ1n) is 3.43. The fourth-order valence-electron chi connectivity index (χ4n) is 1.01. The third kappa shape index (κ3) is 1.30. The summed E-state index contributed by atoms with van der Waals surface area (Å²) in [5, 5.41) is 0.538. The van der Waals surface area contributed by atoms with Gasteiger partial charge in [0.1, 0.15) is 0 Å². The SMILES string of the molecule is C#Cc1c(C)ccc(Cl)c1C#C. The molecule has 0 aliphatic heterocycles. The van der Waals surface area contributed by atoms with Gasteiger partial charge in [0.05, 0.1) is 10.6 Å². The van der Waals surface area contributed by atoms with Gasteiger partial charge in [0, 0.05) is 5.56 Å². The van der Waals surface area contributed by atoms with E-state index in [-0.39, 0.29) is 0 Å². The zero-order valence-electron chi connectivity index (χ0n) is 6.69. The van der Waals surface area contributed by atoms with Gasteiger partial charge < -0.3 is 0 Å². The van der Waals surface area contributed by atoms with Gasteiger partial charge in [0.25, 0.3) is 0 Å². The molecule has 0 nitrogen and oxygen atoms in total. The number of terminal acetylenes is 2. The lowest BCUT2D eigenvalue weighted by molar-refractivity contribution is 1.42. The van der Waals surface area contributed by atoms with Crippen molar-refractivity contribution in [1.29, 1.82) is 0 Å². The summed E-state index contributed by atoms with van der Waals surface area (Å²) in [4.78, 5) is 0. The van der Waals surface area contributed by atoms with E-state index in [2.05, 4.69) is 11.8 Å². The Bertz CT molecular complexity index is 350. The minimum absolute atomic E-state index is 0.538. The maximum atomic E-state index is 5.84. The standard InChI is InChI=1S/C11H7Cl/c1-4-9-8(3)6-7-11(12)10(9)5-2/h1-2,6-7H,3H3. The van der Waals surface area contributed by atoms with Crippen molar-refractivity contribution in [3.63, 3.8) is 0 Å². The quantitative estimate of drug-likeness (QED) is 0.531. The van der Waals surface area contributed by atoms with Gasteiger partial charge in [-0.25, -0.2) is 0 Å². The monoisotopic (exact) mass is 174 g/mol. The Balaban J connectivity index is 3.55. The molecule has 1 aromatic rings. The summed E-state index contributed by atoms with van der Waals surface area (Å²) in [5.41, 5.74) is 2.30. The molecule has 0 atom stereocenters. The fourth-order valence-corrected chi connectivity index (χ4v) is 1.22. The van der Waals surface area contributed by atoms with Crippen molar-refractivity contribution in [3.05, 3.63) is 33.8 Å². The van der Waals surface area contributed by atoms with Crippen LogP contribution in [-0.2, 0) is 0 Å². The van der Waals surface area contributed by atoms with E-state index in [4.69, 9.17) is 24.4 Å². The Morgan fingerprint density at radius 3 is 2.17 bits per heavy atom. The van der Waals surface area contributed by atoms with Crippen LogP contribution in [0.5, 0.6) is 0 Å². The molecule has 58 valence electrons. The molecule has 0 saturated carbocycles. The third-order valence-corrected chi connectivity index (χ3v) is 1.97. The predicted molar refractivity (Wildman–Crippen MR) is 52.1 cm³/mol. The van der Waals surface area contributed by atoms with E-state index < -0.39 is 0 Å². The van der Waals surface area contributed by atoms with Crippen LogP contribution < -0.4 is 0 Å². The van der Waals surface area contributed by atoms with Gasteiger partial charge in [-0.2, -0.15) is 0 Å². The predicted octanol–water partition coefficient (Wildman–Crippen LogP) is 2.61. The summed E-state index contributed by atoms with van der Waals surface area (Å²) in [6.07, 6.45) is 10.6. The molecule has 0 unspecified atom stereocenters. The molecule has 0 aromatic heterocycles. The van der Waals surface area contributed by atoms with Crippen molar-refractivity contribution >= 4 is 11.6 Å². The van der Waals surface area contributed by atoms with Crippen LogP contribution in [0.3, 0.4) is 0 Å². The number of rotatable bonds is 0. The summed E-state index contributed by atoms with van der Waals surface area (Å²) >= 11 is 5.84. The Labute approximate surface area is 77.6 Å². The highest BCUT2D eigenvalue weighted by molar-refractivity contribution is 6.32. The highest BCUT2D eigenvalue weighted by Crippen LogP contribution is 2.21. The number of aryl methyl sites for hydroxylation is 1. The second-order valence-electron chi connectivity index (χ2n) is 2.40. The fraction of sp³-hybridized carbons (Fsp3) is 0.0909. The van der Waals surface area contributed by atoms with E-state index in [1.165, 1.54) is 0 Å². The average molecular weight is 175 g/mol. The lowest BCUT2D eigenvalue weighted by Crippen LogP contribution is -1.88. The van der Waals surface area contributed by atoms with E-state index in [0.717, 1.165) is 5.56 Å². The molecule has 0 spiro atoms. The maximum absolute atomic E-state index is 5.84. The molecule has 0 heterocycles. The third-order valence-electron chi connectivity index (χ3n) is 1.65. The molecule has 0 aliphatic carbocycles. The van der Waals surface area contributed by atoms with Crippen LogP contribution in [0.25, 0.3) is 0 Å². The molecular weight excluding hydrogens is 168 g/mol. The zero-order chi connectivity index (χ0) is 9.14. The largest absolute Gasteiger partial charge is 0.115 e. The number of halogens is 1. The lowest BCUT2D eigenvalue weighted by Gasteiger charge is -2.02. The smallest absolute Gasteiger partial charge is 0.0588 e. The number of hydrogen-bond donors (Lipinski definition) is 0. The molecule has 1 aromatic carbocycles. The number of benzene rings is 1. The van der Waals surface area contributed by atoms with E-state index >= 15 is 0 Å². The molecule has 0 amide bonds. The van der Waals surface area contributed by atoms with Gasteiger partial charge in [-0.1, -0.05) is 29.5 Å². The summed E-state index contributed by atoms with van der Waals surface area (Å²) in [6.45, 7) is 1.91. The Morgan fingerprint density at radius 1 is 1.17 bits per heavy atom. The van der Waals surface area contributed by atoms with Gasteiger partial charge in [-0.3, -0.25) is 0 Å². The average Bonchev–Trinajstić information content (AvgIpc) is 2.08. The van der Waals surface area contributed by atoms with Crippen LogP contribution in [-0.4, -0.2) is 0 Å². The number of hydrogen-bond acceptors (Lipinski definition) is 0. The topological polar surface area (TPSA) is 0 Å². The van der Waals surface area contributed by atoms with Crippen LogP contribution in [0.15, 0.2) is 12.1 Å². The first-order valence-corrected chi connectivity index (χ1v) is 3.80. The van der Waals surface area contributed by atoms with Crippen LogP contribution in [0, 0.1) is 31.6 Å². The molecule has 0 aliphatic rings. The molecule has 0 bridgehead atoms. The molecule has 0 N–H and O–H groups in total. The van der Waals surface area contributed by atoms with Crippen LogP contribution in [0.4, 0.5) is 0 Å². The summed E-state index contributed by atoms with van der Waals surface area (Å²) < 4.78 is 0. The second kappa shape index (κ2) is 3.35. The van der Waals surface area contributed by atoms with Crippen LogP contribution in [0.1, 0.15) is 16.7 Å². The minimum Gasteiger partial charge on any atom is -0.115 e.